The van der Waals surface area contributed by atoms with E-state index in [1.165, 1.54) is 6.33 Å². The van der Waals surface area contributed by atoms with Gasteiger partial charge >= 0.3 is 0 Å². The third-order valence-corrected chi connectivity index (χ3v) is 5.71. The minimum atomic E-state index is -0.0313. The van der Waals surface area contributed by atoms with Crippen molar-refractivity contribution >= 4 is 28.6 Å². The van der Waals surface area contributed by atoms with E-state index in [9.17, 15) is 4.79 Å². The maximum atomic E-state index is 13.5. The van der Waals surface area contributed by atoms with E-state index in [2.05, 4.69) is 24.8 Å². The van der Waals surface area contributed by atoms with E-state index >= 15 is 0 Å². The number of aromatic nitrogens is 3. The van der Waals surface area contributed by atoms with Gasteiger partial charge in [0.2, 0.25) is 5.71 Å². The number of hydrogen-bond donors (Lipinski definition) is 0. The van der Waals surface area contributed by atoms with Crippen LogP contribution in [-0.4, -0.2) is 78.2 Å². The Hall–Kier alpha value is -3.20. The van der Waals surface area contributed by atoms with E-state index < -0.39 is 0 Å². The highest BCUT2D eigenvalue weighted by Crippen LogP contribution is 2.32. The molecule has 0 N–H and O–H groups in total. The number of amides is 1. The number of hydrogen-bond acceptors (Lipinski definition) is 8. The molecule has 0 bridgehead atoms. The van der Waals surface area contributed by atoms with Crippen LogP contribution in [0, 0.1) is 6.92 Å². The molecular weight excluding hydrogens is 384 g/mol. The van der Waals surface area contributed by atoms with E-state index in [1.807, 2.05) is 30.0 Å². The van der Waals surface area contributed by atoms with Crippen LogP contribution in [-0.2, 0) is 4.74 Å². The van der Waals surface area contributed by atoms with Crippen molar-refractivity contribution in [3.05, 3.63) is 42.0 Å². The lowest BCUT2D eigenvalue weighted by atomic mass is 10.1. The smallest absolute Gasteiger partial charge is 0.258 e. The lowest BCUT2D eigenvalue weighted by molar-refractivity contribution is 0.0746. The van der Waals surface area contributed by atoms with Crippen molar-refractivity contribution < 1.29 is 13.9 Å². The highest BCUT2D eigenvalue weighted by Gasteiger charge is 2.30. The number of furan rings is 1. The highest BCUT2D eigenvalue weighted by molar-refractivity contribution is 6.10. The van der Waals surface area contributed by atoms with Gasteiger partial charge in [-0.05, 0) is 19.1 Å². The van der Waals surface area contributed by atoms with Gasteiger partial charge in [0.15, 0.2) is 0 Å². The largest absolute Gasteiger partial charge is 0.442 e. The van der Waals surface area contributed by atoms with Gasteiger partial charge in [-0.3, -0.25) is 4.79 Å². The summed E-state index contributed by atoms with van der Waals surface area (Å²) in [5, 5.41) is 0.703. The third kappa shape index (κ3) is 3.35. The number of ether oxygens (including phenoxy) is 1. The third-order valence-electron chi connectivity index (χ3n) is 5.71. The molecule has 0 unspecified atom stereocenters. The van der Waals surface area contributed by atoms with E-state index in [0.717, 1.165) is 37.8 Å². The maximum absolute atomic E-state index is 13.5. The van der Waals surface area contributed by atoms with Crippen LogP contribution in [0.1, 0.15) is 16.1 Å². The number of piperazine rings is 1. The number of rotatable bonds is 3. The standard InChI is InChI=1S/C21H24N6O3/c1-15-17(18-19(23-14-24-20(18)30-15)26-10-12-29-13-11-26)21(28)27-8-6-25(7-9-27)16-4-2-3-5-22-16/h2-5,14H,6-13H2,1H3. The number of nitrogens with zero attached hydrogens (tertiary/aromatic N) is 6. The highest BCUT2D eigenvalue weighted by atomic mass is 16.5. The molecule has 0 radical (unpaired) electrons. The Labute approximate surface area is 174 Å². The molecule has 0 aliphatic carbocycles. The van der Waals surface area contributed by atoms with E-state index in [-0.39, 0.29) is 5.91 Å². The van der Waals surface area contributed by atoms with E-state index in [1.54, 1.807) is 6.20 Å². The number of carbonyl (C=O) groups is 1. The average Bonchev–Trinajstić information content (AvgIpc) is 3.15. The summed E-state index contributed by atoms with van der Waals surface area (Å²) in [7, 11) is 0. The molecule has 2 aliphatic rings. The van der Waals surface area contributed by atoms with Crippen LogP contribution in [0.3, 0.4) is 0 Å². The van der Waals surface area contributed by atoms with Crippen molar-refractivity contribution in [2.24, 2.45) is 0 Å². The molecule has 0 aromatic carbocycles. The fourth-order valence-electron chi connectivity index (χ4n) is 4.14. The van der Waals surface area contributed by atoms with Gasteiger partial charge in [0.05, 0.1) is 24.2 Å². The topological polar surface area (TPSA) is 87.8 Å². The summed E-state index contributed by atoms with van der Waals surface area (Å²) in [5.74, 6) is 2.24. The fourth-order valence-corrected chi connectivity index (χ4v) is 4.14. The quantitative estimate of drug-likeness (QED) is 0.648. The van der Waals surface area contributed by atoms with Gasteiger partial charge in [0.25, 0.3) is 5.91 Å². The van der Waals surface area contributed by atoms with Gasteiger partial charge in [-0.25, -0.2) is 15.0 Å². The summed E-state index contributed by atoms with van der Waals surface area (Å²) in [6, 6.07) is 5.88. The Balaban J connectivity index is 1.42. The lowest BCUT2D eigenvalue weighted by Gasteiger charge is -2.35. The number of aryl methyl sites for hydroxylation is 1. The summed E-state index contributed by atoms with van der Waals surface area (Å²) in [6.45, 7) is 7.29. The molecule has 9 heteroatoms. The number of morpholine rings is 1. The van der Waals surface area contributed by atoms with Gasteiger partial charge < -0.3 is 23.9 Å². The minimum Gasteiger partial charge on any atom is -0.442 e. The summed E-state index contributed by atoms with van der Waals surface area (Å²) in [5.41, 5.74) is 1.03. The predicted molar refractivity (Wildman–Crippen MR) is 112 cm³/mol. The van der Waals surface area contributed by atoms with Crippen LogP contribution in [0.2, 0.25) is 0 Å². The van der Waals surface area contributed by atoms with Crippen LogP contribution >= 0.6 is 0 Å². The van der Waals surface area contributed by atoms with Crippen LogP contribution in [0.15, 0.2) is 35.1 Å². The van der Waals surface area contributed by atoms with Crippen LogP contribution in [0.5, 0.6) is 0 Å². The van der Waals surface area contributed by atoms with Crippen molar-refractivity contribution in [2.75, 3.05) is 62.3 Å². The Morgan fingerprint density at radius 3 is 2.50 bits per heavy atom. The second-order valence-electron chi connectivity index (χ2n) is 7.48. The first-order chi connectivity index (χ1) is 14.7. The van der Waals surface area contributed by atoms with Gasteiger partial charge in [-0.1, -0.05) is 6.07 Å². The molecule has 3 aromatic rings. The predicted octanol–water partition coefficient (Wildman–Crippen LogP) is 1.73. The zero-order valence-corrected chi connectivity index (χ0v) is 17.0. The van der Waals surface area contributed by atoms with Crippen LogP contribution in [0.25, 0.3) is 11.1 Å². The molecule has 2 aliphatic heterocycles. The van der Waals surface area contributed by atoms with E-state index in [0.29, 0.717) is 48.7 Å². The molecule has 9 nitrogen and oxygen atoms in total. The van der Waals surface area contributed by atoms with Gasteiger partial charge in [0.1, 0.15) is 23.7 Å². The molecule has 0 saturated carbocycles. The molecule has 1 amide bonds. The SMILES string of the molecule is Cc1oc2ncnc(N3CCOCC3)c2c1C(=O)N1CCN(c2ccccn2)CC1. The van der Waals surface area contributed by atoms with Crippen molar-refractivity contribution in [2.45, 2.75) is 6.92 Å². The maximum Gasteiger partial charge on any atom is 0.258 e. The Morgan fingerprint density at radius 1 is 0.967 bits per heavy atom. The van der Waals surface area contributed by atoms with E-state index in [4.69, 9.17) is 9.15 Å². The molecule has 2 saturated heterocycles. The zero-order chi connectivity index (χ0) is 20.5. The van der Waals surface area contributed by atoms with Crippen molar-refractivity contribution in [1.29, 1.82) is 0 Å². The van der Waals surface area contributed by atoms with Crippen molar-refractivity contribution in [3.8, 4) is 0 Å². The molecule has 3 aromatic heterocycles. The molecule has 156 valence electrons. The summed E-state index contributed by atoms with van der Waals surface area (Å²) in [4.78, 5) is 32.9. The molecule has 0 spiro atoms. The Bertz CT molecular complexity index is 1040. The second-order valence-corrected chi connectivity index (χ2v) is 7.48. The first-order valence-corrected chi connectivity index (χ1v) is 10.2. The Kier molecular flexibility index (Phi) is 4.96. The first kappa shape index (κ1) is 18.8. The molecule has 5 rings (SSSR count). The molecule has 2 fully saturated rings. The van der Waals surface area contributed by atoms with Gasteiger partial charge in [-0.15, -0.1) is 0 Å². The van der Waals surface area contributed by atoms with Gasteiger partial charge in [-0.2, -0.15) is 0 Å². The second kappa shape index (κ2) is 7.91. The lowest BCUT2D eigenvalue weighted by Crippen LogP contribution is -2.49. The average molecular weight is 408 g/mol. The first-order valence-electron chi connectivity index (χ1n) is 10.2. The minimum absolute atomic E-state index is 0.0313. The summed E-state index contributed by atoms with van der Waals surface area (Å²) in [6.07, 6.45) is 3.29. The van der Waals surface area contributed by atoms with Crippen LogP contribution < -0.4 is 9.80 Å². The number of carbonyl (C=O) groups excluding carboxylic acids is 1. The fraction of sp³-hybridized carbons (Fsp3) is 0.429. The normalized spacial score (nSPS) is 17.6. The number of pyridine rings is 1. The summed E-state index contributed by atoms with van der Waals surface area (Å²) < 4.78 is 11.3. The Morgan fingerprint density at radius 2 is 1.77 bits per heavy atom. The van der Waals surface area contributed by atoms with Crippen LogP contribution in [0.4, 0.5) is 11.6 Å². The van der Waals surface area contributed by atoms with Crippen molar-refractivity contribution in [1.82, 2.24) is 19.9 Å². The monoisotopic (exact) mass is 408 g/mol. The zero-order valence-electron chi connectivity index (χ0n) is 17.0. The number of fused-ring (bicyclic) bond motifs is 1. The van der Waals surface area contributed by atoms with Crippen molar-refractivity contribution in [3.63, 3.8) is 0 Å². The number of anilines is 2. The summed E-state index contributed by atoms with van der Waals surface area (Å²) >= 11 is 0. The molecule has 0 atom stereocenters. The molecule has 5 heterocycles. The van der Waals surface area contributed by atoms with Gasteiger partial charge in [0, 0.05) is 45.5 Å². The molecular formula is C21H24N6O3. The molecule has 30 heavy (non-hydrogen) atoms.